The van der Waals surface area contributed by atoms with Crippen LogP contribution in [0.25, 0.3) is 0 Å². The molecule has 19 heavy (non-hydrogen) atoms. The minimum atomic E-state index is -0.0582. The Kier molecular flexibility index (Phi) is 3.21. The molecule has 1 aliphatic rings. The normalized spacial score (nSPS) is 14.3. The number of amides is 1. The number of rotatable bonds is 4. The van der Waals surface area contributed by atoms with Gasteiger partial charge in [-0.15, -0.1) is 0 Å². The molecule has 1 amide bonds. The summed E-state index contributed by atoms with van der Waals surface area (Å²) < 4.78 is 0. The van der Waals surface area contributed by atoms with E-state index >= 15 is 0 Å². The van der Waals surface area contributed by atoms with E-state index in [1.54, 1.807) is 11.3 Å². The van der Waals surface area contributed by atoms with E-state index in [2.05, 4.69) is 10.4 Å². The van der Waals surface area contributed by atoms with E-state index in [1.807, 2.05) is 16.3 Å². The van der Waals surface area contributed by atoms with E-state index in [0.29, 0.717) is 18.2 Å². The smallest absolute Gasteiger partial charge is 0.256 e. The maximum atomic E-state index is 12.5. The van der Waals surface area contributed by atoms with Crippen LogP contribution in [0.2, 0.25) is 0 Å². The van der Waals surface area contributed by atoms with E-state index < -0.39 is 0 Å². The first-order chi connectivity index (χ1) is 9.24. The molecule has 2 heterocycles. The second kappa shape index (κ2) is 5.01. The van der Waals surface area contributed by atoms with Crippen molar-refractivity contribution in [2.45, 2.75) is 25.4 Å². The van der Waals surface area contributed by atoms with Crippen LogP contribution in [-0.2, 0) is 6.54 Å². The van der Waals surface area contributed by atoms with E-state index in [0.717, 1.165) is 18.4 Å². The van der Waals surface area contributed by atoms with Gasteiger partial charge in [-0.25, -0.2) is 0 Å². The van der Waals surface area contributed by atoms with Crippen molar-refractivity contribution in [3.8, 4) is 5.75 Å². The van der Waals surface area contributed by atoms with Crippen LogP contribution in [0.1, 0.15) is 28.8 Å². The maximum Gasteiger partial charge on any atom is 0.256 e. The van der Waals surface area contributed by atoms with Gasteiger partial charge in [0.15, 0.2) is 0 Å². The highest BCUT2D eigenvalue weighted by atomic mass is 32.1. The third-order valence-electron chi connectivity index (χ3n) is 3.15. The predicted molar refractivity (Wildman–Crippen MR) is 73.1 cm³/mol. The second-order valence-corrected chi connectivity index (χ2v) is 5.51. The van der Waals surface area contributed by atoms with Gasteiger partial charge in [-0.05, 0) is 41.3 Å². The first-order valence-electron chi connectivity index (χ1n) is 6.20. The van der Waals surface area contributed by atoms with Gasteiger partial charge in [0.1, 0.15) is 5.75 Å². The van der Waals surface area contributed by atoms with Crippen LogP contribution in [0.5, 0.6) is 5.75 Å². The predicted octanol–water partition coefficient (Wildman–Crippen LogP) is 2.65. The molecule has 3 rings (SSSR count). The number of carbonyl (C=O) groups is 1. The van der Waals surface area contributed by atoms with Crippen LogP contribution < -0.4 is 0 Å². The molecule has 1 aliphatic carbocycles. The van der Waals surface area contributed by atoms with Crippen molar-refractivity contribution < 1.29 is 9.90 Å². The van der Waals surface area contributed by atoms with Gasteiger partial charge >= 0.3 is 0 Å². The Morgan fingerprint density at radius 2 is 2.32 bits per heavy atom. The van der Waals surface area contributed by atoms with Gasteiger partial charge in [0.25, 0.3) is 5.91 Å². The average molecular weight is 274 g/mol. The molecule has 1 fully saturated rings. The first kappa shape index (κ1) is 12.2. The summed E-state index contributed by atoms with van der Waals surface area (Å²) in [5, 5.41) is 13.5. The van der Waals surface area contributed by atoms with Crippen LogP contribution >= 0.6 is 11.3 Å². The van der Waals surface area contributed by atoms with Gasteiger partial charge in [0.2, 0.25) is 0 Å². The summed E-state index contributed by atoms with van der Waals surface area (Å²) in [6.45, 7) is 0.628. The van der Waals surface area contributed by atoms with Crippen molar-refractivity contribution in [3.63, 3.8) is 0 Å². The summed E-state index contributed by atoms with van der Waals surface area (Å²) in [5.41, 5.74) is 1.60. The molecule has 5 heteroatoms. The lowest BCUT2D eigenvalue weighted by Crippen LogP contribution is -2.32. The number of thiophene rings is 1. The Morgan fingerprint density at radius 3 is 2.95 bits per heavy atom. The van der Waals surface area contributed by atoms with Crippen LogP contribution in [0.15, 0.2) is 35.3 Å². The summed E-state index contributed by atoms with van der Waals surface area (Å²) in [7, 11) is 0. The van der Waals surface area contributed by atoms with Gasteiger partial charge in [0, 0.05) is 18.8 Å². The number of carbonyl (C=O) groups excluding carboxylic acids is 1. The molecular formula is C14H14N2O2S. The molecule has 0 radical (unpaired) electrons. The highest BCUT2D eigenvalue weighted by Crippen LogP contribution is 2.30. The standard InChI is InChI=1S/C14H14N2O2S/c17-13-5-11(6-15-7-13)14(18)16(12-1-2-12)8-10-3-4-19-9-10/h3-7,9,12,17H,1-2,8H2. The topological polar surface area (TPSA) is 53.4 Å². The van der Waals surface area contributed by atoms with Gasteiger partial charge < -0.3 is 10.0 Å². The van der Waals surface area contributed by atoms with E-state index in [1.165, 1.54) is 18.5 Å². The maximum absolute atomic E-state index is 12.5. The second-order valence-electron chi connectivity index (χ2n) is 4.73. The molecule has 98 valence electrons. The number of pyridine rings is 1. The minimum Gasteiger partial charge on any atom is -0.506 e. The molecule has 2 aromatic heterocycles. The monoisotopic (exact) mass is 274 g/mol. The zero-order chi connectivity index (χ0) is 13.2. The molecule has 0 bridgehead atoms. The molecule has 0 aliphatic heterocycles. The van der Waals surface area contributed by atoms with Gasteiger partial charge in [-0.1, -0.05) is 0 Å². The molecule has 4 nitrogen and oxygen atoms in total. The Bertz CT molecular complexity index is 579. The molecule has 0 unspecified atom stereocenters. The van der Waals surface area contributed by atoms with Gasteiger partial charge in [-0.2, -0.15) is 11.3 Å². The summed E-state index contributed by atoms with van der Waals surface area (Å²) in [4.78, 5) is 18.2. The zero-order valence-corrected chi connectivity index (χ0v) is 11.1. The van der Waals surface area contributed by atoms with Gasteiger partial charge in [-0.3, -0.25) is 9.78 Å². The number of aromatic nitrogens is 1. The number of hydrogen-bond acceptors (Lipinski definition) is 4. The fraction of sp³-hybridized carbons (Fsp3) is 0.286. The van der Waals surface area contributed by atoms with Crippen molar-refractivity contribution in [3.05, 3.63) is 46.4 Å². The lowest BCUT2D eigenvalue weighted by molar-refractivity contribution is 0.0729. The van der Waals surface area contributed by atoms with Crippen LogP contribution in [-0.4, -0.2) is 26.9 Å². The molecule has 0 atom stereocenters. The fourth-order valence-electron chi connectivity index (χ4n) is 2.04. The number of aromatic hydroxyl groups is 1. The van der Waals surface area contributed by atoms with Crippen molar-refractivity contribution in [2.75, 3.05) is 0 Å². The van der Waals surface area contributed by atoms with Gasteiger partial charge in [0.05, 0.1) is 11.8 Å². The third-order valence-corrected chi connectivity index (χ3v) is 3.88. The van der Waals surface area contributed by atoms with E-state index in [9.17, 15) is 9.90 Å². The summed E-state index contributed by atoms with van der Waals surface area (Å²) in [5.74, 6) is -0.0331. The summed E-state index contributed by atoms with van der Waals surface area (Å²) >= 11 is 1.63. The summed E-state index contributed by atoms with van der Waals surface area (Å²) in [6.07, 6.45) is 4.95. The van der Waals surface area contributed by atoms with E-state index in [4.69, 9.17) is 0 Å². The Balaban J connectivity index is 1.82. The van der Waals surface area contributed by atoms with Crippen LogP contribution in [0.4, 0.5) is 0 Å². The SMILES string of the molecule is O=C(c1cncc(O)c1)N(Cc1ccsc1)C1CC1. The molecule has 0 aromatic carbocycles. The Morgan fingerprint density at radius 1 is 1.47 bits per heavy atom. The molecule has 1 N–H and O–H groups in total. The highest BCUT2D eigenvalue weighted by Gasteiger charge is 2.33. The average Bonchev–Trinajstić information content (AvgIpc) is 3.12. The van der Waals surface area contributed by atoms with E-state index in [-0.39, 0.29) is 11.7 Å². The molecule has 0 spiro atoms. The highest BCUT2D eigenvalue weighted by molar-refractivity contribution is 7.07. The quantitative estimate of drug-likeness (QED) is 0.932. The first-order valence-corrected chi connectivity index (χ1v) is 7.14. The third kappa shape index (κ3) is 2.76. The summed E-state index contributed by atoms with van der Waals surface area (Å²) in [6, 6.07) is 3.83. The Labute approximate surface area is 115 Å². The minimum absolute atomic E-state index is 0.0251. The lowest BCUT2D eigenvalue weighted by atomic mass is 10.2. The molecule has 2 aromatic rings. The zero-order valence-electron chi connectivity index (χ0n) is 10.3. The van der Waals surface area contributed by atoms with Crippen molar-refractivity contribution in [2.24, 2.45) is 0 Å². The number of nitrogens with zero attached hydrogens (tertiary/aromatic N) is 2. The Hall–Kier alpha value is -1.88. The van der Waals surface area contributed by atoms with Crippen LogP contribution in [0.3, 0.4) is 0 Å². The van der Waals surface area contributed by atoms with Crippen molar-refractivity contribution in [1.29, 1.82) is 0 Å². The van der Waals surface area contributed by atoms with Crippen molar-refractivity contribution in [1.82, 2.24) is 9.88 Å². The van der Waals surface area contributed by atoms with Crippen molar-refractivity contribution >= 4 is 17.2 Å². The molecular weight excluding hydrogens is 260 g/mol. The molecule has 0 saturated heterocycles. The lowest BCUT2D eigenvalue weighted by Gasteiger charge is -2.22. The molecule has 1 saturated carbocycles. The largest absolute Gasteiger partial charge is 0.506 e. The number of hydrogen-bond donors (Lipinski definition) is 1. The van der Waals surface area contributed by atoms with Crippen LogP contribution in [0, 0.1) is 0 Å². The fourth-order valence-corrected chi connectivity index (χ4v) is 2.70.